The first-order valence-electron chi connectivity index (χ1n) is 9.48. The summed E-state index contributed by atoms with van der Waals surface area (Å²) in [5.41, 5.74) is 0.905. The molecule has 3 aromatic carbocycles. The lowest BCUT2D eigenvalue weighted by Crippen LogP contribution is -2.38. The molecule has 3 rings (SSSR count). The maximum absolute atomic E-state index is 12.9. The van der Waals surface area contributed by atoms with Gasteiger partial charge in [0.1, 0.15) is 0 Å². The Hall–Kier alpha value is -3.25. The molecule has 7 heteroatoms. The van der Waals surface area contributed by atoms with Crippen LogP contribution >= 0.6 is 11.6 Å². The Balaban J connectivity index is 2.04. The van der Waals surface area contributed by atoms with Gasteiger partial charge in [-0.05, 0) is 47.5 Å². The second-order valence-corrected chi connectivity index (χ2v) is 7.27. The van der Waals surface area contributed by atoms with Crippen LogP contribution in [0.2, 0.25) is 5.02 Å². The van der Waals surface area contributed by atoms with E-state index >= 15 is 0 Å². The zero-order valence-corrected chi connectivity index (χ0v) is 17.0. The van der Waals surface area contributed by atoms with Gasteiger partial charge in [-0.25, -0.2) is 4.79 Å². The molecule has 0 saturated heterocycles. The molecule has 3 aromatic rings. The molecule has 154 valence electrons. The summed E-state index contributed by atoms with van der Waals surface area (Å²) in [7, 11) is 0. The van der Waals surface area contributed by atoms with Crippen LogP contribution in [-0.4, -0.2) is 29.3 Å². The molecule has 0 spiro atoms. The average molecular weight is 426 g/mol. The first-order chi connectivity index (χ1) is 14.4. The van der Waals surface area contributed by atoms with Crippen LogP contribution in [-0.2, 0) is 9.53 Å². The third-order valence-corrected chi connectivity index (χ3v) is 5.16. The standard InChI is InChI=1S/C23H20ClNO5/c1-2-30-23(27)22(25(28)29)20(14-21(26)16-9-11-19(24)12-10-16)18-8-7-15-5-3-4-6-17(15)13-18/h3-13,20,22H,2,14H2,1H3. The van der Waals surface area contributed by atoms with Crippen molar-refractivity contribution < 1.29 is 19.2 Å². The lowest BCUT2D eigenvalue weighted by Gasteiger charge is -2.20. The Kier molecular flexibility index (Phi) is 6.79. The van der Waals surface area contributed by atoms with Crippen LogP contribution in [0.3, 0.4) is 0 Å². The number of carbonyl (C=O) groups is 2. The minimum Gasteiger partial charge on any atom is -0.461 e. The van der Waals surface area contributed by atoms with Crippen molar-refractivity contribution in [2.75, 3.05) is 6.61 Å². The van der Waals surface area contributed by atoms with E-state index in [9.17, 15) is 19.7 Å². The van der Waals surface area contributed by atoms with Gasteiger partial charge >= 0.3 is 12.0 Å². The van der Waals surface area contributed by atoms with E-state index in [0.717, 1.165) is 10.8 Å². The van der Waals surface area contributed by atoms with Crippen molar-refractivity contribution in [3.63, 3.8) is 0 Å². The van der Waals surface area contributed by atoms with Gasteiger partial charge in [0, 0.05) is 21.9 Å². The number of nitro groups is 1. The third-order valence-electron chi connectivity index (χ3n) is 4.91. The number of ketones is 1. The fraction of sp³-hybridized carbons (Fsp3) is 0.217. The van der Waals surface area contributed by atoms with Gasteiger partial charge in [0.2, 0.25) is 0 Å². The molecular weight excluding hydrogens is 406 g/mol. The Labute approximate surface area is 178 Å². The van der Waals surface area contributed by atoms with E-state index in [4.69, 9.17) is 16.3 Å². The van der Waals surface area contributed by atoms with Crippen molar-refractivity contribution in [2.45, 2.75) is 25.3 Å². The van der Waals surface area contributed by atoms with Gasteiger partial charge in [0.05, 0.1) is 12.5 Å². The van der Waals surface area contributed by atoms with E-state index in [1.807, 2.05) is 30.3 Å². The SMILES string of the molecule is CCOC(=O)C(C(CC(=O)c1ccc(Cl)cc1)c1ccc2ccccc2c1)[N+](=O)[O-]. The molecule has 2 atom stereocenters. The Morgan fingerprint density at radius 1 is 1.03 bits per heavy atom. The van der Waals surface area contributed by atoms with Crippen molar-refractivity contribution in [3.05, 3.63) is 93.0 Å². The monoisotopic (exact) mass is 425 g/mol. The van der Waals surface area contributed by atoms with Crippen LogP contribution in [0.1, 0.15) is 35.2 Å². The quantitative estimate of drug-likeness (QED) is 0.218. The largest absolute Gasteiger partial charge is 0.461 e. The van der Waals surface area contributed by atoms with E-state index in [2.05, 4.69) is 0 Å². The number of Topliss-reactive ketones (excluding diaryl/α,β-unsaturated/α-hetero) is 1. The lowest BCUT2D eigenvalue weighted by molar-refractivity contribution is -0.514. The number of hydrogen-bond donors (Lipinski definition) is 0. The van der Waals surface area contributed by atoms with Crippen LogP contribution < -0.4 is 0 Å². The van der Waals surface area contributed by atoms with E-state index < -0.39 is 22.9 Å². The van der Waals surface area contributed by atoms with E-state index in [1.54, 1.807) is 43.3 Å². The molecule has 0 aliphatic rings. The molecule has 2 unspecified atom stereocenters. The predicted molar refractivity (Wildman–Crippen MR) is 115 cm³/mol. The van der Waals surface area contributed by atoms with Gasteiger partial charge in [0.15, 0.2) is 5.78 Å². The van der Waals surface area contributed by atoms with Crippen LogP contribution in [0.5, 0.6) is 0 Å². The first kappa shape index (κ1) is 21.5. The van der Waals surface area contributed by atoms with E-state index in [-0.39, 0.29) is 18.8 Å². The molecule has 0 saturated carbocycles. The molecular formula is C23H20ClNO5. The lowest BCUT2D eigenvalue weighted by atomic mass is 9.85. The van der Waals surface area contributed by atoms with Gasteiger partial charge in [0.25, 0.3) is 0 Å². The molecule has 0 fully saturated rings. The Morgan fingerprint density at radius 3 is 2.33 bits per heavy atom. The number of ether oxygens (including phenoxy) is 1. The zero-order chi connectivity index (χ0) is 21.7. The summed E-state index contributed by atoms with van der Waals surface area (Å²) in [6, 6.07) is 17.5. The second-order valence-electron chi connectivity index (χ2n) is 6.83. The number of carbonyl (C=O) groups excluding carboxylic acids is 2. The van der Waals surface area contributed by atoms with Gasteiger partial charge in [-0.15, -0.1) is 0 Å². The van der Waals surface area contributed by atoms with Crippen LogP contribution in [0.4, 0.5) is 0 Å². The summed E-state index contributed by atoms with van der Waals surface area (Å²) >= 11 is 5.88. The maximum Gasteiger partial charge on any atom is 0.382 e. The molecule has 6 nitrogen and oxygen atoms in total. The van der Waals surface area contributed by atoms with E-state index in [0.29, 0.717) is 16.1 Å². The third kappa shape index (κ3) is 4.83. The first-order valence-corrected chi connectivity index (χ1v) is 9.86. The number of esters is 1. The topological polar surface area (TPSA) is 86.5 Å². The summed E-state index contributed by atoms with van der Waals surface area (Å²) < 4.78 is 4.95. The minimum absolute atomic E-state index is 0.0126. The molecule has 30 heavy (non-hydrogen) atoms. The molecule has 0 amide bonds. The zero-order valence-electron chi connectivity index (χ0n) is 16.3. The number of rotatable bonds is 8. The fourth-order valence-corrected chi connectivity index (χ4v) is 3.55. The molecule has 0 N–H and O–H groups in total. The van der Waals surface area contributed by atoms with Crippen molar-refractivity contribution in [3.8, 4) is 0 Å². The van der Waals surface area contributed by atoms with Crippen LogP contribution in [0, 0.1) is 10.1 Å². The summed E-state index contributed by atoms with van der Waals surface area (Å²) in [5, 5.41) is 14.1. The number of benzene rings is 3. The summed E-state index contributed by atoms with van der Waals surface area (Å²) in [6.45, 7) is 1.59. The van der Waals surface area contributed by atoms with Crippen LogP contribution in [0.25, 0.3) is 10.8 Å². The molecule has 0 heterocycles. The van der Waals surface area contributed by atoms with Crippen molar-refractivity contribution in [1.29, 1.82) is 0 Å². The van der Waals surface area contributed by atoms with Crippen molar-refractivity contribution in [1.82, 2.24) is 0 Å². The highest BCUT2D eigenvalue weighted by atomic mass is 35.5. The maximum atomic E-state index is 12.9. The summed E-state index contributed by atoms with van der Waals surface area (Å²) in [5.74, 6) is -2.25. The Morgan fingerprint density at radius 2 is 1.70 bits per heavy atom. The summed E-state index contributed by atoms with van der Waals surface area (Å²) in [6.07, 6.45) is -0.218. The van der Waals surface area contributed by atoms with Crippen molar-refractivity contribution in [2.24, 2.45) is 0 Å². The van der Waals surface area contributed by atoms with Crippen molar-refractivity contribution >= 4 is 34.1 Å². The highest BCUT2D eigenvalue weighted by Gasteiger charge is 2.42. The molecule has 0 aliphatic carbocycles. The molecule has 0 aliphatic heterocycles. The average Bonchev–Trinajstić information content (AvgIpc) is 2.73. The predicted octanol–water partition coefficient (Wildman–Crippen LogP) is 5.06. The van der Waals surface area contributed by atoms with Gasteiger partial charge in [-0.1, -0.05) is 54.1 Å². The Bertz CT molecular complexity index is 1080. The fourth-order valence-electron chi connectivity index (χ4n) is 3.43. The minimum atomic E-state index is -1.69. The molecule has 0 bridgehead atoms. The summed E-state index contributed by atoms with van der Waals surface area (Å²) in [4.78, 5) is 36.5. The van der Waals surface area contributed by atoms with E-state index in [1.165, 1.54) is 0 Å². The smallest absolute Gasteiger partial charge is 0.382 e. The number of nitrogens with zero attached hydrogens (tertiary/aromatic N) is 1. The van der Waals surface area contributed by atoms with Gasteiger partial charge in [-0.2, -0.15) is 0 Å². The highest BCUT2D eigenvalue weighted by molar-refractivity contribution is 6.30. The van der Waals surface area contributed by atoms with Gasteiger partial charge in [-0.3, -0.25) is 14.9 Å². The number of fused-ring (bicyclic) bond motifs is 1. The number of halogens is 1. The number of hydrogen-bond acceptors (Lipinski definition) is 5. The second kappa shape index (κ2) is 9.50. The molecule has 0 radical (unpaired) electrons. The van der Waals surface area contributed by atoms with Gasteiger partial charge < -0.3 is 4.74 Å². The normalized spacial score (nSPS) is 12.9. The molecule has 0 aromatic heterocycles. The highest BCUT2D eigenvalue weighted by Crippen LogP contribution is 2.31. The van der Waals surface area contributed by atoms with Crippen LogP contribution in [0.15, 0.2) is 66.7 Å².